The summed E-state index contributed by atoms with van der Waals surface area (Å²) in [7, 11) is 1.43. The molecule has 0 heterocycles. The van der Waals surface area contributed by atoms with Crippen LogP contribution in [-0.4, -0.2) is 31.8 Å². The number of nitrogens with one attached hydrogen (secondary N) is 1. The smallest absolute Gasteiger partial charge is 0.322 e. The van der Waals surface area contributed by atoms with Crippen LogP contribution in [0.2, 0.25) is 0 Å². The fraction of sp³-hybridized carbons (Fsp3) is 0.562. The Hall–Kier alpha value is -1.55. The molecule has 0 saturated heterocycles. The molecule has 4 nitrogen and oxygen atoms in total. The molecule has 1 N–H and O–H groups in total. The zero-order valence-electron chi connectivity index (χ0n) is 12.2. The third kappa shape index (κ3) is 4.23. The highest BCUT2D eigenvalue weighted by atomic mass is 16.5. The molecule has 110 valence electrons. The quantitative estimate of drug-likeness (QED) is 0.741. The molecule has 1 aliphatic carbocycles. The van der Waals surface area contributed by atoms with Gasteiger partial charge in [-0.3, -0.25) is 4.79 Å². The van der Waals surface area contributed by atoms with Crippen LogP contribution in [0.4, 0.5) is 0 Å². The summed E-state index contributed by atoms with van der Waals surface area (Å²) in [5, 5.41) is 3.30. The lowest BCUT2D eigenvalue weighted by molar-refractivity contribution is -0.143. The maximum absolute atomic E-state index is 11.7. The van der Waals surface area contributed by atoms with E-state index in [4.69, 9.17) is 9.47 Å². The molecule has 0 aliphatic heterocycles. The van der Waals surface area contributed by atoms with Gasteiger partial charge in [0.2, 0.25) is 0 Å². The van der Waals surface area contributed by atoms with Gasteiger partial charge in [0.25, 0.3) is 0 Å². The minimum atomic E-state index is -0.263. The number of hydrogen-bond acceptors (Lipinski definition) is 4. The average molecular weight is 277 g/mol. The zero-order chi connectivity index (χ0) is 14.4. The Morgan fingerprint density at radius 2 is 2.15 bits per heavy atom. The summed E-state index contributed by atoms with van der Waals surface area (Å²) in [5.74, 6) is 0.703. The van der Waals surface area contributed by atoms with Gasteiger partial charge in [0, 0.05) is 12.5 Å². The van der Waals surface area contributed by atoms with Crippen LogP contribution in [0.3, 0.4) is 0 Å². The second kappa shape index (κ2) is 7.29. The van der Waals surface area contributed by atoms with Gasteiger partial charge in [0.05, 0.1) is 13.7 Å². The zero-order valence-corrected chi connectivity index (χ0v) is 12.2. The van der Waals surface area contributed by atoms with Crippen molar-refractivity contribution >= 4 is 5.97 Å². The fourth-order valence-electron chi connectivity index (χ4n) is 2.17. The number of methoxy groups -OCH3 is 1. The first-order chi connectivity index (χ1) is 9.74. The number of rotatable bonds is 8. The van der Waals surface area contributed by atoms with Crippen LogP contribution in [0.1, 0.15) is 31.7 Å². The number of esters is 1. The third-order valence-corrected chi connectivity index (χ3v) is 3.52. The molecule has 1 saturated carbocycles. The third-order valence-electron chi connectivity index (χ3n) is 3.52. The summed E-state index contributed by atoms with van der Waals surface area (Å²) in [5.41, 5.74) is 1.19. The first kappa shape index (κ1) is 14.9. The van der Waals surface area contributed by atoms with Crippen LogP contribution >= 0.6 is 0 Å². The summed E-state index contributed by atoms with van der Waals surface area (Å²) < 4.78 is 10.6. The second-order valence-corrected chi connectivity index (χ2v) is 5.12. The summed E-state index contributed by atoms with van der Waals surface area (Å²) in [6, 6.07) is 8.23. The Morgan fingerprint density at radius 3 is 2.80 bits per heavy atom. The highest BCUT2D eigenvalue weighted by Gasteiger charge is 2.28. The number of aryl methyl sites for hydroxylation is 1. The van der Waals surface area contributed by atoms with E-state index in [-0.39, 0.29) is 12.0 Å². The van der Waals surface area contributed by atoms with Gasteiger partial charge in [-0.25, -0.2) is 0 Å². The molecule has 0 bridgehead atoms. The Bertz CT molecular complexity index is 443. The van der Waals surface area contributed by atoms with E-state index < -0.39 is 0 Å². The van der Waals surface area contributed by atoms with Crippen LogP contribution in [0, 0.1) is 0 Å². The normalized spacial score (nSPS) is 15.7. The minimum Gasteiger partial charge on any atom is -0.493 e. The topological polar surface area (TPSA) is 47.6 Å². The number of carbonyl (C=O) groups excluding carboxylic acids is 1. The molecular weight excluding hydrogens is 254 g/mol. The Labute approximate surface area is 120 Å². The van der Waals surface area contributed by atoms with E-state index in [9.17, 15) is 4.79 Å². The van der Waals surface area contributed by atoms with Gasteiger partial charge in [-0.1, -0.05) is 25.1 Å². The highest BCUT2D eigenvalue weighted by molar-refractivity contribution is 5.75. The number of benzene rings is 1. The van der Waals surface area contributed by atoms with Crippen LogP contribution in [0.5, 0.6) is 5.75 Å². The predicted molar refractivity (Wildman–Crippen MR) is 77.9 cm³/mol. The predicted octanol–water partition coefficient (Wildman–Crippen LogP) is 2.31. The number of carbonyl (C=O) groups is 1. The van der Waals surface area contributed by atoms with Crippen LogP contribution in [-0.2, 0) is 16.0 Å². The van der Waals surface area contributed by atoms with Crippen molar-refractivity contribution in [3.8, 4) is 5.75 Å². The van der Waals surface area contributed by atoms with Crippen LogP contribution < -0.4 is 10.1 Å². The average Bonchev–Trinajstić information content (AvgIpc) is 3.30. The number of para-hydroxylation sites is 1. The van der Waals surface area contributed by atoms with Crippen molar-refractivity contribution in [2.45, 2.75) is 44.7 Å². The van der Waals surface area contributed by atoms with Gasteiger partial charge in [0.1, 0.15) is 11.8 Å². The lowest BCUT2D eigenvalue weighted by Gasteiger charge is -2.17. The molecule has 0 spiro atoms. The van der Waals surface area contributed by atoms with Crippen molar-refractivity contribution in [2.75, 3.05) is 13.7 Å². The molecule has 1 fully saturated rings. The first-order valence-electron chi connectivity index (χ1n) is 7.29. The molecule has 2 rings (SSSR count). The summed E-state index contributed by atoms with van der Waals surface area (Å²) >= 11 is 0. The van der Waals surface area contributed by atoms with E-state index in [0.717, 1.165) is 25.0 Å². The van der Waals surface area contributed by atoms with Gasteiger partial charge in [0.15, 0.2) is 0 Å². The van der Waals surface area contributed by atoms with Crippen molar-refractivity contribution in [1.82, 2.24) is 5.32 Å². The molecule has 1 atom stereocenters. The monoisotopic (exact) mass is 277 g/mol. The minimum absolute atomic E-state index is 0.204. The van der Waals surface area contributed by atoms with E-state index in [1.807, 2.05) is 18.2 Å². The van der Waals surface area contributed by atoms with E-state index in [1.165, 1.54) is 12.7 Å². The summed E-state index contributed by atoms with van der Waals surface area (Å²) in [4.78, 5) is 11.7. The number of hydrogen-bond donors (Lipinski definition) is 1. The molecule has 0 aromatic heterocycles. The number of ether oxygens (including phenoxy) is 2. The second-order valence-electron chi connectivity index (χ2n) is 5.12. The molecule has 1 aromatic carbocycles. The van der Waals surface area contributed by atoms with Crippen molar-refractivity contribution < 1.29 is 14.3 Å². The van der Waals surface area contributed by atoms with Crippen LogP contribution in [0.25, 0.3) is 0 Å². The lowest BCUT2D eigenvalue weighted by atomic mass is 10.1. The summed E-state index contributed by atoms with van der Waals surface area (Å²) in [6.07, 6.45) is 3.86. The maximum atomic E-state index is 11.7. The van der Waals surface area contributed by atoms with Gasteiger partial charge < -0.3 is 14.8 Å². The first-order valence-corrected chi connectivity index (χ1v) is 7.29. The van der Waals surface area contributed by atoms with E-state index in [2.05, 4.69) is 18.3 Å². The summed E-state index contributed by atoms with van der Waals surface area (Å²) in [6.45, 7) is 2.62. The van der Waals surface area contributed by atoms with Gasteiger partial charge in [-0.05, 0) is 30.9 Å². The molecular formula is C16H23NO3. The van der Waals surface area contributed by atoms with E-state index in [0.29, 0.717) is 19.1 Å². The largest absolute Gasteiger partial charge is 0.493 e. The van der Waals surface area contributed by atoms with E-state index in [1.54, 1.807) is 0 Å². The van der Waals surface area contributed by atoms with Gasteiger partial charge >= 0.3 is 5.97 Å². The van der Waals surface area contributed by atoms with E-state index >= 15 is 0 Å². The Balaban J connectivity index is 1.84. The molecule has 0 amide bonds. The van der Waals surface area contributed by atoms with Crippen LogP contribution in [0.15, 0.2) is 24.3 Å². The van der Waals surface area contributed by atoms with Crippen molar-refractivity contribution in [2.24, 2.45) is 0 Å². The highest BCUT2D eigenvalue weighted by Crippen LogP contribution is 2.21. The van der Waals surface area contributed by atoms with Crippen molar-refractivity contribution in [3.05, 3.63) is 29.8 Å². The molecule has 4 heteroatoms. The Morgan fingerprint density at radius 1 is 1.40 bits per heavy atom. The van der Waals surface area contributed by atoms with Crippen molar-refractivity contribution in [1.29, 1.82) is 0 Å². The lowest BCUT2D eigenvalue weighted by Crippen LogP contribution is -2.40. The molecule has 1 aromatic rings. The molecule has 20 heavy (non-hydrogen) atoms. The fourth-order valence-corrected chi connectivity index (χ4v) is 2.17. The Kier molecular flexibility index (Phi) is 5.41. The van der Waals surface area contributed by atoms with Gasteiger partial charge in [-0.15, -0.1) is 0 Å². The molecule has 1 unspecified atom stereocenters. The molecule has 1 aliphatic rings. The SMILES string of the molecule is CCc1ccccc1OCCC(NC1CC1)C(=O)OC. The molecule has 0 radical (unpaired) electrons. The standard InChI is InChI=1S/C16H23NO3/c1-3-12-6-4-5-7-15(12)20-11-10-14(16(18)19-2)17-13-8-9-13/h4-7,13-14,17H,3,8-11H2,1-2H3. The van der Waals surface area contributed by atoms with Gasteiger partial charge in [-0.2, -0.15) is 0 Å². The maximum Gasteiger partial charge on any atom is 0.322 e. The van der Waals surface area contributed by atoms with Crippen molar-refractivity contribution in [3.63, 3.8) is 0 Å².